The molecule has 0 bridgehead atoms. The number of ether oxygens (including phenoxy) is 1. The number of nitrogens with two attached hydrogens (primary N) is 1. The van der Waals surface area contributed by atoms with E-state index in [1.807, 2.05) is 43.3 Å². The molecule has 0 saturated carbocycles. The number of carbonyl (C=O) groups is 1. The third-order valence-corrected chi connectivity index (χ3v) is 4.61. The van der Waals surface area contributed by atoms with Crippen LogP contribution in [0.2, 0.25) is 0 Å². The predicted molar refractivity (Wildman–Crippen MR) is 103 cm³/mol. The molecule has 5 nitrogen and oxygen atoms in total. The number of esters is 1. The molecule has 2 aromatic carbocycles. The van der Waals surface area contributed by atoms with Crippen molar-refractivity contribution in [3.05, 3.63) is 71.7 Å². The molecule has 140 valence electrons. The van der Waals surface area contributed by atoms with Crippen LogP contribution >= 0.6 is 0 Å². The quantitative estimate of drug-likeness (QED) is 0.669. The molecule has 0 aliphatic heterocycles. The smallest absolute Gasteiger partial charge is 0.307 e. The highest BCUT2D eigenvalue weighted by Gasteiger charge is 2.17. The zero-order valence-electron chi connectivity index (χ0n) is 15.4. The van der Waals surface area contributed by atoms with E-state index in [1.165, 1.54) is 13.2 Å². The summed E-state index contributed by atoms with van der Waals surface area (Å²) in [6.07, 6.45) is 0.191. The first-order valence-electron chi connectivity index (χ1n) is 8.74. The fourth-order valence-corrected chi connectivity index (χ4v) is 2.97. The van der Waals surface area contributed by atoms with E-state index >= 15 is 0 Å². The highest BCUT2D eigenvalue weighted by atomic mass is 19.1. The fourth-order valence-electron chi connectivity index (χ4n) is 2.97. The van der Waals surface area contributed by atoms with Gasteiger partial charge in [0.05, 0.1) is 25.8 Å². The SMILES string of the molecule is COC(=O)CCn1nc(C(C)c2ccc(-c3ccccc3)c(F)c2)cc1N. The maximum Gasteiger partial charge on any atom is 0.307 e. The van der Waals surface area contributed by atoms with Crippen molar-refractivity contribution in [2.75, 3.05) is 12.8 Å². The highest BCUT2D eigenvalue weighted by Crippen LogP contribution is 2.29. The van der Waals surface area contributed by atoms with Crippen molar-refractivity contribution in [1.82, 2.24) is 9.78 Å². The summed E-state index contributed by atoms with van der Waals surface area (Å²) in [5.74, 6) is -0.269. The molecule has 27 heavy (non-hydrogen) atoms. The lowest BCUT2D eigenvalue weighted by atomic mass is 9.95. The lowest BCUT2D eigenvalue weighted by Gasteiger charge is -2.11. The second-order valence-corrected chi connectivity index (χ2v) is 6.37. The van der Waals surface area contributed by atoms with Crippen LogP contribution < -0.4 is 5.73 Å². The molecule has 0 aliphatic carbocycles. The van der Waals surface area contributed by atoms with Crippen molar-refractivity contribution in [3.8, 4) is 11.1 Å². The number of aryl methyl sites for hydroxylation is 1. The second-order valence-electron chi connectivity index (χ2n) is 6.37. The van der Waals surface area contributed by atoms with Crippen LogP contribution in [0.4, 0.5) is 10.2 Å². The molecular formula is C21H22FN3O2. The van der Waals surface area contributed by atoms with E-state index in [2.05, 4.69) is 9.84 Å². The molecule has 0 aliphatic rings. The van der Waals surface area contributed by atoms with E-state index < -0.39 is 0 Å². The Bertz CT molecular complexity index is 938. The van der Waals surface area contributed by atoms with Crippen LogP contribution in [0.25, 0.3) is 11.1 Å². The molecule has 3 aromatic rings. The molecule has 1 aromatic heterocycles. The lowest BCUT2D eigenvalue weighted by molar-refractivity contribution is -0.140. The van der Waals surface area contributed by atoms with Gasteiger partial charge in [-0.1, -0.05) is 49.4 Å². The normalized spacial score (nSPS) is 12.0. The maximum atomic E-state index is 14.6. The van der Waals surface area contributed by atoms with Gasteiger partial charge in [0, 0.05) is 17.5 Å². The number of aromatic nitrogens is 2. The monoisotopic (exact) mass is 367 g/mol. The Morgan fingerprint density at radius 1 is 1.22 bits per heavy atom. The number of hydrogen-bond acceptors (Lipinski definition) is 4. The zero-order valence-corrected chi connectivity index (χ0v) is 15.4. The Labute approximate surface area is 157 Å². The van der Waals surface area contributed by atoms with Crippen LogP contribution in [0.1, 0.15) is 30.5 Å². The summed E-state index contributed by atoms with van der Waals surface area (Å²) in [5.41, 5.74) is 8.93. The summed E-state index contributed by atoms with van der Waals surface area (Å²) in [5, 5.41) is 4.46. The molecule has 1 heterocycles. The molecule has 0 fully saturated rings. The summed E-state index contributed by atoms with van der Waals surface area (Å²) < 4.78 is 20.8. The van der Waals surface area contributed by atoms with Gasteiger partial charge >= 0.3 is 5.97 Å². The maximum absolute atomic E-state index is 14.6. The third-order valence-electron chi connectivity index (χ3n) is 4.61. The molecule has 0 amide bonds. The summed E-state index contributed by atoms with van der Waals surface area (Å²) in [6, 6.07) is 16.4. The molecule has 0 spiro atoms. The minimum absolute atomic E-state index is 0.133. The minimum atomic E-state index is -0.321. The van der Waals surface area contributed by atoms with Gasteiger partial charge in [0.1, 0.15) is 11.6 Å². The van der Waals surface area contributed by atoms with Gasteiger partial charge in [-0.05, 0) is 17.2 Å². The average Bonchev–Trinajstić information content (AvgIpc) is 3.06. The molecule has 2 N–H and O–H groups in total. The Morgan fingerprint density at radius 3 is 2.63 bits per heavy atom. The third kappa shape index (κ3) is 4.16. The molecule has 0 radical (unpaired) electrons. The zero-order chi connectivity index (χ0) is 19.4. The molecule has 1 atom stereocenters. The van der Waals surface area contributed by atoms with Crippen LogP contribution in [0.15, 0.2) is 54.6 Å². The summed E-state index contributed by atoms with van der Waals surface area (Å²) in [7, 11) is 1.34. The van der Waals surface area contributed by atoms with Gasteiger partial charge in [-0.3, -0.25) is 4.79 Å². The van der Waals surface area contributed by atoms with Crippen molar-refractivity contribution in [1.29, 1.82) is 0 Å². The van der Waals surface area contributed by atoms with Gasteiger partial charge in [0.2, 0.25) is 0 Å². The number of rotatable bonds is 6. The molecular weight excluding hydrogens is 345 g/mol. The number of methoxy groups -OCH3 is 1. The summed E-state index contributed by atoms with van der Waals surface area (Å²) in [6.45, 7) is 2.29. The van der Waals surface area contributed by atoms with Gasteiger partial charge < -0.3 is 10.5 Å². The fraction of sp³-hybridized carbons (Fsp3) is 0.238. The number of hydrogen-bond donors (Lipinski definition) is 1. The van der Waals surface area contributed by atoms with Crippen molar-refractivity contribution in [2.45, 2.75) is 25.8 Å². The largest absolute Gasteiger partial charge is 0.469 e. The highest BCUT2D eigenvalue weighted by molar-refractivity contribution is 5.69. The van der Waals surface area contributed by atoms with Crippen LogP contribution in [-0.4, -0.2) is 22.9 Å². The topological polar surface area (TPSA) is 70.1 Å². The predicted octanol–water partition coefficient (Wildman–Crippen LogP) is 3.99. The van der Waals surface area contributed by atoms with E-state index in [4.69, 9.17) is 5.73 Å². The molecule has 3 rings (SSSR count). The first kappa shape index (κ1) is 18.6. The van der Waals surface area contributed by atoms with E-state index in [0.717, 1.165) is 16.8 Å². The van der Waals surface area contributed by atoms with Gasteiger partial charge in [-0.25, -0.2) is 9.07 Å². The first-order chi connectivity index (χ1) is 13.0. The Morgan fingerprint density at radius 2 is 1.96 bits per heavy atom. The van der Waals surface area contributed by atoms with Gasteiger partial charge in [-0.2, -0.15) is 5.10 Å². The summed E-state index contributed by atoms with van der Waals surface area (Å²) in [4.78, 5) is 11.3. The van der Waals surface area contributed by atoms with E-state index in [9.17, 15) is 9.18 Å². The number of benzene rings is 2. The molecule has 1 unspecified atom stereocenters. The second kappa shape index (κ2) is 8.03. The number of nitrogens with zero attached hydrogens (tertiary/aromatic N) is 2. The van der Waals surface area contributed by atoms with Crippen molar-refractivity contribution < 1.29 is 13.9 Å². The van der Waals surface area contributed by atoms with Crippen molar-refractivity contribution in [3.63, 3.8) is 0 Å². The van der Waals surface area contributed by atoms with Crippen LogP contribution in [0, 0.1) is 5.82 Å². The van der Waals surface area contributed by atoms with Gasteiger partial charge in [0.15, 0.2) is 0 Å². The Balaban J connectivity index is 1.81. The summed E-state index contributed by atoms with van der Waals surface area (Å²) >= 11 is 0. The lowest BCUT2D eigenvalue weighted by Crippen LogP contribution is -2.10. The minimum Gasteiger partial charge on any atom is -0.469 e. The Kier molecular flexibility index (Phi) is 5.54. The van der Waals surface area contributed by atoms with E-state index in [0.29, 0.717) is 17.9 Å². The number of anilines is 1. The van der Waals surface area contributed by atoms with Crippen LogP contribution in [0.3, 0.4) is 0 Å². The van der Waals surface area contributed by atoms with Gasteiger partial charge in [-0.15, -0.1) is 0 Å². The standard InChI is InChI=1S/C21H22FN3O2/c1-14(19-13-20(23)25(24-19)11-10-21(26)27-2)16-8-9-17(18(22)12-16)15-6-4-3-5-7-15/h3-9,12-14H,10-11,23H2,1-2H3. The van der Waals surface area contributed by atoms with Crippen LogP contribution in [0.5, 0.6) is 0 Å². The van der Waals surface area contributed by atoms with Crippen molar-refractivity contribution in [2.24, 2.45) is 0 Å². The number of carbonyl (C=O) groups excluding carboxylic acids is 1. The van der Waals surface area contributed by atoms with Crippen molar-refractivity contribution >= 4 is 11.8 Å². The number of nitrogen functional groups attached to an aromatic ring is 1. The van der Waals surface area contributed by atoms with E-state index in [1.54, 1.807) is 16.8 Å². The first-order valence-corrected chi connectivity index (χ1v) is 8.74. The van der Waals surface area contributed by atoms with Gasteiger partial charge in [0.25, 0.3) is 0 Å². The average molecular weight is 367 g/mol. The molecule has 0 saturated heterocycles. The Hall–Kier alpha value is -3.15. The van der Waals surface area contributed by atoms with E-state index in [-0.39, 0.29) is 24.1 Å². The molecule has 6 heteroatoms. The van der Waals surface area contributed by atoms with Crippen LogP contribution in [-0.2, 0) is 16.1 Å². The number of halogens is 1.